The van der Waals surface area contributed by atoms with Gasteiger partial charge in [-0.25, -0.2) is 4.39 Å². The predicted octanol–water partition coefficient (Wildman–Crippen LogP) is 3.58. The van der Waals surface area contributed by atoms with E-state index in [1.165, 1.54) is 6.07 Å². The van der Waals surface area contributed by atoms with Crippen molar-refractivity contribution < 1.29 is 8.81 Å². The molecule has 2 rings (SSSR count). The minimum Gasteiger partial charge on any atom is -0.468 e. The van der Waals surface area contributed by atoms with Crippen molar-refractivity contribution in [2.45, 2.75) is 26.4 Å². The van der Waals surface area contributed by atoms with Crippen LogP contribution in [0.1, 0.15) is 29.9 Å². The molecule has 17 heavy (non-hydrogen) atoms. The Bertz CT molecular complexity index is 479. The van der Waals surface area contributed by atoms with E-state index in [0.29, 0.717) is 12.1 Å². The summed E-state index contributed by atoms with van der Waals surface area (Å²) in [6.07, 6.45) is 1.66. The molecule has 0 unspecified atom stereocenters. The highest BCUT2D eigenvalue weighted by molar-refractivity contribution is 5.23. The van der Waals surface area contributed by atoms with Gasteiger partial charge < -0.3 is 9.73 Å². The molecule has 1 heterocycles. The summed E-state index contributed by atoms with van der Waals surface area (Å²) in [4.78, 5) is 0. The third-order valence-electron chi connectivity index (χ3n) is 2.80. The van der Waals surface area contributed by atoms with E-state index in [0.717, 1.165) is 11.3 Å². The summed E-state index contributed by atoms with van der Waals surface area (Å²) in [5, 5.41) is 3.33. The number of halogens is 1. The summed E-state index contributed by atoms with van der Waals surface area (Å²) in [5.41, 5.74) is 1.75. The van der Waals surface area contributed by atoms with Crippen molar-refractivity contribution in [1.29, 1.82) is 0 Å². The van der Waals surface area contributed by atoms with Gasteiger partial charge in [0.15, 0.2) is 0 Å². The van der Waals surface area contributed by atoms with Crippen molar-refractivity contribution in [2.75, 3.05) is 0 Å². The molecule has 1 aromatic carbocycles. The van der Waals surface area contributed by atoms with Gasteiger partial charge in [-0.2, -0.15) is 0 Å². The van der Waals surface area contributed by atoms with E-state index in [-0.39, 0.29) is 11.9 Å². The number of hydrogen-bond donors (Lipinski definition) is 1. The van der Waals surface area contributed by atoms with E-state index >= 15 is 0 Å². The Kier molecular flexibility index (Phi) is 3.59. The second-order valence-corrected chi connectivity index (χ2v) is 4.20. The standard InChI is InChI=1S/C14H16FNO/c1-10-8-12(5-6-13(10)15)9-16-11(2)14-4-3-7-17-14/h3-8,11,16H,9H2,1-2H3/t11-/m1/s1. The summed E-state index contributed by atoms with van der Waals surface area (Å²) in [7, 11) is 0. The number of nitrogens with one attached hydrogen (secondary N) is 1. The highest BCUT2D eigenvalue weighted by Crippen LogP contribution is 2.14. The molecule has 2 aromatic rings. The Morgan fingerprint density at radius 3 is 2.82 bits per heavy atom. The summed E-state index contributed by atoms with van der Waals surface area (Å²) in [5.74, 6) is 0.747. The predicted molar refractivity (Wildman–Crippen MR) is 65.1 cm³/mol. The first kappa shape index (κ1) is 11.9. The van der Waals surface area contributed by atoms with Crippen molar-refractivity contribution in [3.8, 4) is 0 Å². The normalized spacial score (nSPS) is 12.6. The number of aryl methyl sites for hydroxylation is 1. The lowest BCUT2D eigenvalue weighted by Gasteiger charge is -2.11. The molecule has 0 aliphatic heterocycles. The first-order chi connectivity index (χ1) is 8.16. The fourth-order valence-corrected chi connectivity index (χ4v) is 1.73. The number of benzene rings is 1. The maximum Gasteiger partial charge on any atom is 0.126 e. The van der Waals surface area contributed by atoms with Crippen LogP contribution in [0.5, 0.6) is 0 Å². The van der Waals surface area contributed by atoms with E-state index < -0.39 is 0 Å². The summed E-state index contributed by atoms with van der Waals surface area (Å²) in [6.45, 7) is 4.51. The first-order valence-electron chi connectivity index (χ1n) is 5.68. The van der Waals surface area contributed by atoms with Crippen molar-refractivity contribution in [3.05, 3.63) is 59.3 Å². The minimum atomic E-state index is -0.159. The zero-order valence-corrected chi connectivity index (χ0v) is 10.0. The molecule has 0 saturated heterocycles. The highest BCUT2D eigenvalue weighted by Gasteiger charge is 2.07. The van der Waals surface area contributed by atoms with Crippen LogP contribution in [0.4, 0.5) is 4.39 Å². The van der Waals surface area contributed by atoms with Crippen LogP contribution in [-0.2, 0) is 6.54 Å². The van der Waals surface area contributed by atoms with Gasteiger partial charge >= 0.3 is 0 Å². The van der Waals surface area contributed by atoms with Gasteiger partial charge in [-0.3, -0.25) is 0 Å². The van der Waals surface area contributed by atoms with Gasteiger partial charge in [-0.05, 0) is 43.2 Å². The van der Waals surface area contributed by atoms with Gasteiger partial charge in [-0.1, -0.05) is 12.1 Å². The number of hydrogen-bond acceptors (Lipinski definition) is 2. The molecule has 0 aliphatic carbocycles. The third-order valence-corrected chi connectivity index (χ3v) is 2.80. The second-order valence-electron chi connectivity index (χ2n) is 4.20. The quantitative estimate of drug-likeness (QED) is 0.873. The number of furan rings is 1. The lowest BCUT2D eigenvalue weighted by atomic mass is 10.1. The molecule has 90 valence electrons. The molecule has 0 saturated carbocycles. The average Bonchev–Trinajstić information content (AvgIpc) is 2.84. The summed E-state index contributed by atoms with van der Waals surface area (Å²) >= 11 is 0. The fraction of sp³-hybridized carbons (Fsp3) is 0.286. The van der Waals surface area contributed by atoms with Gasteiger partial charge in [0.05, 0.1) is 12.3 Å². The average molecular weight is 233 g/mol. The zero-order valence-electron chi connectivity index (χ0n) is 10.0. The maximum atomic E-state index is 13.1. The minimum absolute atomic E-state index is 0.148. The van der Waals surface area contributed by atoms with E-state index in [1.54, 1.807) is 19.3 Å². The molecule has 0 aliphatic rings. The maximum absolute atomic E-state index is 13.1. The lowest BCUT2D eigenvalue weighted by molar-refractivity contribution is 0.430. The molecule has 0 bridgehead atoms. The largest absolute Gasteiger partial charge is 0.468 e. The van der Waals surface area contributed by atoms with Crippen LogP contribution in [0, 0.1) is 12.7 Å². The Labute approximate surface area is 100 Å². The van der Waals surface area contributed by atoms with E-state index in [9.17, 15) is 4.39 Å². The van der Waals surface area contributed by atoms with Gasteiger partial charge in [0.1, 0.15) is 11.6 Å². The molecule has 0 amide bonds. The molecule has 0 radical (unpaired) electrons. The summed E-state index contributed by atoms with van der Waals surface area (Å²) < 4.78 is 18.4. The topological polar surface area (TPSA) is 25.2 Å². The molecule has 0 spiro atoms. The van der Waals surface area contributed by atoms with Gasteiger partial charge in [0, 0.05) is 6.54 Å². The van der Waals surface area contributed by atoms with Crippen LogP contribution in [-0.4, -0.2) is 0 Å². The van der Waals surface area contributed by atoms with E-state index in [2.05, 4.69) is 5.32 Å². The fourth-order valence-electron chi connectivity index (χ4n) is 1.73. The van der Waals surface area contributed by atoms with Crippen LogP contribution >= 0.6 is 0 Å². The van der Waals surface area contributed by atoms with Gasteiger partial charge in [0.25, 0.3) is 0 Å². The Balaban J connectivity index is 1.96. The van der Waals surface area contributed by atoms with Crippen LogP contribution in [0.3, 0.4) is 0 Å². The van der Waals surface area contributed by atoms with Crippen LogP contribution in [0.15, 0.2) is 41.0 Å². The molecule has 1 N–H and O–H groups in total. The molecular weight excluding hydrogens is 217 g/mol. The first-order valence-corrected chi connectivity index (χ1v) is 5.68. The molecule has 1 atom stereocenters. The third kappa shape index (κ3) is 2.94. The molecule has 1 aromatic heterocycles. The van der Waals surface area contributed by atoms with Crippen LogP contribution in [0.2, 0.25) is 0 Å². The lowest BCUT2D eigenvalue weighted by Crippen LogP contribution is -2.17. The SMILES string of the molecule is Cc1cc(CN[C@H](C)c2ccco2)ccc1F. The zero-order chi connectivity index (χ0) is 12.3. The summed E-state index contributed by atoms with van der Waals surface area (Å²) in [6, 6.07) is 9.12. The Morgan fingerprint density at radius 2 is 2.18 bits per heavy atom. The molecule has 0 fully saturated rings. The Morgan fingerprint density at radius 1 is 1.35 bits per heavy atom. The Hall–Kier alpha value is -1.61. The van der Waals surface area contributed by atoms with Crippen molar-refractivity contribution in [1.82, 2.24) is 5.32 Å². The van der Waals surface area contributed by atoms with Gasteiger partial charge in [0.2, 0.25) is 0 Å². The molecule has 3 heteroatoms. The molecule has 2 nitrogen and oxygen atoms in total. The van der Waals surface area contributed by atoms with E-state index in [1.807, 2.05) is 25.1 Å². The van der Waals surface area contributed by atoms with Gasteiger partial charge in [-0.15, -0.1) is 0 Å². The van der Waals surface area contributed by atoms with Crippen molar-refractivity contribution >= 4 is 0 Å². The second kappa shape index (κ2) is 5.15. The smallest absolute Gasteiger partial charge is 0.126 e. The monoisotopic (exact) mass is 233 g/mol. The van der Waals surface area contributed by atoms with Crippen LogP contribution in [0.25, 0.3) is 0 Å². The van der Waals surface area contributed by atoms with E-state index in [4.69, 9.17) is 4.42 Å². The molecular formula is C14H16FNO. The van der Waals surface area contributed by atoms with Crippen molar-refractivity contribution in [3.63, 3.8) is 0 Å². The van der Waals surface area contributed by atoms with Crippen LogP contribution < -0.4 is 5.32 Å². The highest BCUT2D eigenvalue weighted by atomic mass is 19.1. The van der Waals surface area contributed by atoms with Crippen molar-refractivity contribution in [2.24, 2.45) is 0 Å². The number of rotatable bonds is 4.